The van der Waals surface area contributed by atoms with Crippen molar-refractivity contribution in [2.24, 2.45) is 0 Å². The SMILES string of the molecule is O=C(c1ccc2cc[nH]c2c1)N1CCCCC1c1nc2ccc(F)cc2[nH]1. The van der Waals surface area contributed by atoms with Gasteiger partial charge in [0.1, 0.15) is 11.6 Å². The summed E-state index contributed by atoms with van der Waals surface area (Å²) in [5, 5.41) is 1.08. The van der Waals surface area contributed by atoms with E-state index in [1.165, 1.54) is 12.1 Å². The average molecular weight is 362 g/mol. The minimum absolute atomic E-state index is 0.00263. The van der Waals surface area contributed by atoms with Crippen LogP contribution in [0.1, 0.15) is 41.5 Å². The molecule has 136 valence electrons. The van der Waals surface area contributed by atoms with E-state index in [9.17, 15) is 9.18 Å². The number of piperidine rings is 1. The number of nitrogens with zero attached hydrogens (tertiary/aromatic N) is 2. The molecule has 5 rings (SSSR count). The van der Waals surface area contributed by atoms with Crippen molar-refractivity contribution < 1.29 is 9.18 Å². The highest BCUT2D eigenvalue weighted by atomic mass is 19.1. The molecule has 1 amide bonds. The molecule has 2 aromatic heterocycles. The maximum atomic E-state index is 13.5. The molecule has 0 saturated carbocycles. The molecule has 1 unspecified atom stereocenters. The van der Waals surface area contributed by atoms with Crippen LogP contribution in [0.15, 0.2) is 48.7 Å². The van der Waals surface area contributed by atoms with Gasteiger partial charge >= 0.3 is 0 Å². The Morgan fingerprint density at radius 2 is 2.04 bits per heavy atom. The van der Waals surface area contributed by atoms with Crippen LogP contribution in [0.5, 0.6) is 0 Å². The Morgan fingerprint density at radius 3 is 2.96 bits per heavy atom. The van der Waals surface area contributed by atoms with Gasteiger partial charge < -0.3 is 14.9 Å². The van der Waals surface area contributed by atoms with Crippen molar-refractivity contribution in [2.75, 3.05) is 6.54 Å². The topological polar surface area (TPSA) is 64.8 Å². The third-order valence-corrected chi connectivity index (χ3v) is 5.34. The molecule has 0 radical (unpaired) electrons. The van der Waals surface area contributed by atoms with Crippen LogP contribution in [0.4, 0.5) is 4.39 Å². The summed E-state index contributed by atoms with van der Waals surface area (Å²) in [7, 11) is 0. The maximum Gasteiger partial charge on any atom is 0.254 e. The van der Waals surface area contributed by atoms with Crippen LogP contribution in [0.2, 0.25) is 0 Å². The number of aromatic nitrogens is 3. The summed E-state index contributed by atoms with van der Waals surface area (Å²) >= 11 is 0. The van der Waals surface area contributed by atoms with E-state index in [0.29, 0.717) is 17.6 Å². The van der Waals surface area contributed by atoms with Crippen LogP contribution in [0.3, 0.4) is 0 Å². The summed E-state index contributed by atoms with van der Waals surface area (Å²) in [6.07, 6.45) is 4.73. The summed E-state index contributed by atoms with van der Waals surface area (Å²) in [5.74, 6) is 0.431. The van der Waals surface area contributed by atoms with Crippen LogP contribution < -0.4 is 0 Å². The van der Waals surface area contributed by atoms with Gasteiger partial charge in [0.15, 0.2) is 0 Å². The lowest BCUT2D eigenvalue weighted by Gasteiger charge is -2.34. The standard InChI is InChI=1S/C21H19FN4O/c22-15-6-7-16-18(12-15)25-20(24-16)19-3-1-2-10-26(19)21(27)14-5-4-13-8-9-23-17(13)11-14/h4-9,11-12,19,23H,1-3,10H2,(H,24,25). The predicted octanol–water partition coefficient (Wildman–Crippen LogP) is 4.55. The fourth-order valence-corrected chi connectivity index (χ4v) is 3.97. The highest BCUT2D eigenvalue weighted by molar-refractivity contribution is 5.98. The van der Waals surface area contributed by atoms with Crippen molar-refractivity contribution in [3.63, 3.8) is 0 Å². The van der Waals surface area contributed by atoms with Crippen LogP contribution in [0.25, 0.3) is 21.9 Å². The summed E-state index contributed by atoms with van der Waals surface area (Å²) in [6, 6.07) is 12.1. The van der Waals surface area contributed by atoms with E-state index >= 15 is 0 Å². The molecular weight excluding hydrogens is 343 g/mol. The average Bonchev–Trinajstić information content (AvgIpc) is 3.33. The van der Waals surface area contributed by atoms with E-state index in [-0.39, 0.29) is 17.8 Å². The molecule has 0 spiro atoms. The van der Waals surface area contributed by atoms with Crippen LogP contribution in [-0.2, 0) is 0 Å². The summed E-state index contributed by atoms with van der Waals surface area (Å²) < 4.78 is 13.5. The Labute approximate surface area is 155 Å². The largest absolute Gasteiger partial charge is 0.361 e. The van der Waals surface area contributed by atoms with Gasteiger partial charge in [-0.1, -0.05) is 6.07 Å². The number of halogens is 1. The maximum absolute atomic E-state index is 13.5. The fourth-order valence-electron chi connectivity index (χ4n) is 3.97. The monoisotopic (exact) mass is 362 g/mol. The first-order chi connectivity index (χ1) is 13.2. The number of hydrogen-bond donors (Lipinski definition) is 2. The Balaban J connectivity index is 1.51. The molecule has 27 heavy (non-hydrogen) atoms. The predicted molar refractivity (Wildman–Crippen MR) is 102 cm³/mol. The van der Waals surface area contributed by atoms with Crippen LogP contribution in [0, 0.1) is 5.82 Å². The highest BCUT2D eigenvalue weighted by Crippen LogP contribution is 2.32. The lowest BCUT2D eigenvalue weighted by atomic mass is 10.00. The first kappa shape index (κ1) is 16.1. The second kappa shape index (κ2) is 6.23. The van der Waals surface area contributed by atoms with Gasteiger partial charge in [0.05, 0.1) is 17.1 Å². The number of likely N-dealkylation sites (tertiary alicyclic amines) is 1. The van der Waals surface area contributed by atoms with Crippen molar-refractivity contribution in [1.29, 1.82) is 0 Å². The van der Waals surface area contributed by atoms with Crippen molar-refractivity contribution in [1.82, 2.24) is 19.9 Å². The molecule has 5 nitrogen and oxygen atoms in total. The van der Waals surface area contributed by atoms with Crippen LogP contribution >= 0.6 is 0 Å². The molecule has 1 aliphatic heterocycles. The summed E-state index contributed by atoms with van der Waals surface area (Å²) in [6.45, 7) is 0.692. The molecule has 0 aliphatic carbocycles. The van der Waals surface area contributed by atoms with Crippen molar-refractivity contribution in [3.05, 3.63) is 65.9 Å². The Morgan fingerprint density at radius 1 is 1.11 bits per heavy atom. The quantitative estimate of drug-likeness (QED) is 0.549. The van der Waals surface area contributed by atoms with Crippen molar-refractivity contribution >= 4 is 27.8 Å². The van der Waals surface area contributed by atoms with Gasteiger partial charge in [-0.05, 0) is 61.0 Å². The number of nitrogens with one attached hydrogen (secondary N) is 2. The van der Waals surface area contributed by atoms with Gasteiger partial charge in [-0.3, -0.25) is 4.79 Å². The molecule has 2 aromatic carbocycles. The van der Waals surface area contributed by atoms with Crippen LogP contribution in [-0.4, -0.2) is 32.3 Å². The Bertz CT molecular complexity index is 1150. The van der Waals surface area contributed by atoms with E-state index in [1.807, 2.05) is 35.4 Å². The third kappa shape index (κ3) is 2.77. The number of carbonyl (C=O) groups is 1. The van der Waals surface area contributed by atoms with Gasteiger partial charge in [-0.15, -0.1) is 0 Å². The smallest absolute Gasteiger partial charge is 0.254 e. The van der Waals surface area contributed by atoms with Gasteiger partial charge in [-0.25, -0.2) is 9.37 Å². The molecule has 1 fully saturated rings. The number of carbonyl (C=O) groups excluding carboxylic acids is 1. The molecule has 1 aliphatic rings. The molecule has 1 saturated heterocycles. The van der Waals surface area contributed by atoms with Crippen molar-refractivity contribution in [3.8, 4) is 0 Å². The Hall–Kier alpha value is -3.15. The normalized spacial score (nSPS) is 17.7. The second-order valence-electron chi connectivity index (χ2n) is 7.07. The zero-order chi connectivity index (χ0) is 18.4. The molecule has 3 heterocycles. The van der Waals surface area contributed by atoms with Gasteiger partial charge in [0, 0.05) is 23.8 Å². The number of hydrogen-bond acceptors (Lipinski definition) is 2. The number of aromatic amines is 2. The number of H-pyrrole nitrogens is 2. The van der Waals surface area contributed by atoms with E-state index in [1.54, 1.807) is 6.07 Å². The second-order valence-corrected chi connectivity index (χ2v) is 7.07. The summed E-state index contributed by atoms with van der Waals surface area (Å²) in [4.78, 5) is 26.1. The third-order valence-electron chi connectivity index (χ3n) is 5.34. The highest BCUT2D eigenvalue weighted by Gasteiger charge is 2.31. The first-order valence-electron chi connectivity index (χ1n) is 9.22. The number of amides is 1. The van der Waals surface area contributed by atoms with Gasteiger partial charge in [0.2, 0.25) is 0 Å². The lowest BCUT2D eigenvalue weighted by molar-refractivity contribution is 0.0601. The van der Waals surface area contributed by atoms with Gasteiger partial charge in [0.25, 0.3) is 5.91 Å². The Kier molecular flexibility index (Phi) is 3.70. The van der Waals surface area contributed by atoms with E-state index < -0.39 is 0 Å². The van der Waals surface area contributed by atoms with Crippen molar-refractivity contribution in [2.45, 2.75) is 25.3 Å². The zero-order valence-corrected chi connectivity index (χ0v) is 14.7. The van der Waals surface area contributed by atoms with E-state index in [2.05, 4.69) is 15.0 Å². The molecule has 4 aromatic rings. The zero-order valence-electron chi connectivity index (χ0n) is 14.7. The van der Waals surface area contributed by atoms with E-state index in [0.717, 1.165) is 41.5 Å². The number of rotatable bonds is 2. The minimum atomic E-state index is -0.298. The first-order valence-corrected chi connectivity index (χ1v) is 9.22. The molecular formula is C21H19FN4O. The molecule has 1 atom stereocenters. The van der Waals surface area contributed by atoms with E-state index in [4.69, 9.17) is 0 Å². The minimum Gasteiger partial charge on any atom is -0.361 e. The molecule has 6 heteroatoms. The summed E-state index contributed by atoms with van der Waals surface area (Å²) in [5.41, 5.74) is 3.00. The lowest BCUT2D eigenvalue weighted by Crippen LogP contribution is -2.39. The number of fused-ring (bicyclic) bond motifs is 2. The number of benzene rings is 2. The molecule has 2 N–H and O–H groups in total. The fraction of sp³-hybridized carbons (Fsp3) is 0.238. The number of imidazole rings is 1. The molecule has 0 bridgehead atoms. The van der Waals surface area contributed by atoms with Gasteiger partial charge in [-0.2, -0.15) is 0 Å².